The molecule has 1 atom stereocenters. The third-order valence-corrected chi connectivity index (χ3v) is 4.18. The standard InChI is InChI=1S/C15H19FN2O3/c1-3-15(13(19)20)6-7-18(9-15)14(21)17-11-4-5-12(16)10(2)8-11/h4-5,8H,3,6-7,9H2,1-2H3,(H,17,21)(H,19,20). The quantitative estimate of drug-likeness (QED) is 0.900. The van der Waals surface area contributed by atoms with Gasteiger partial charge in [0.1, 0.15) is 5.82 Å². The second kappa shape index (κ2) is 5.71. The van der Waals surface area contributed by atoms with Crippen molar-refractivity contribution in [2.24, 2.45) is 5.41 Å². The van der Waals surface area contributed by atoms with Gasteiger partial charge in [0, 0.05) is 18.8 Å². The van der Waals surface area contributed by atoms with Gasteiger partial charge in [0.05, 0.1) is 5.41 Å². The molecule has 1 saturated heterocycles. The van der Waals surface area contributed by atoms with Crippen molar-refractivity contribution >= 4 is 17.7 Å². The van der Waals surface area contributed by atoms with E-state index in [2.05, 4.69) is 5.32 Å². The number of aliphatic carboxylic acids is 1. The van der Waals surface area contributed by atoms with E-state index in [-0.39, 0.29) is 18.4 Å². The summed E-state index contributed by atoms with van der Waals surface area (Å²) in [5.74, 6) is -1.19. The van der Waals surface area contributed by atoms with Gasteiger partial charge in [0.2, 0.25) is 0 Å². The van der Waals surface area contributed by atoms with E-state index < -0.39 is 11.4 Å². The smallest absolute Gasteiger partial charge is 0.321 e. The first-order valence-corrected chi connectivity index (χ1v) is 6.93. The number of nitrogens with zero attached hydrogens (tertiary/aromatic N) is 1. The van der Waals surface area contributed by atoms with E-state index in [1.54, 1.807) is 13.0 Å². The fourth-order valence-corrected chi connectivity index (χ4v) is 2.59. The van der Waals surface area contributed by atoms with Gasteiger partial charge in [0.15, 0.2) is 0 Å². The molecule has 1 aliphatic rings. The molecule has 2 amide bonds. The summed E-state index contributed by atoms with van der Waals surface area (Å²) in [4.78, 5) is 25.0. The normalized spacial score (nSPS) is 21.4. The molecular weight excluding hydrogens is 275 g/mol. The molecule has 0 aliphatic carbocycles. The van der Waals surface area contributed by atoms with Crippen LogP contribution >= 0.6 is 0 Å². The summed E-state index contributed by atoms with van der Waals surface area (Å²) in [5.41, 5.74) is 0.0988. The first-order chi connectivity index (χ1) is 9.88. The summed E-state index contributed by atoms with van der Waals surface area (Å²) in [6.45, 7) is 4.04. The molecule has 1 unspecified atom stereocenters. The Kier molecular flexibility index (Phi) is 4.16. The number of amides is 2. The predicted octanol–water partition coefficient (Wildman–Crippen LogP) is 2.85. The van der Waals surface area contributed by atoms with Crippen molar-refractivity contribution in [1.29, 1.82) is 0 Å². The summed E-state index contributed by atoms with van der Waals surface area (Å²) in [7, 11) is 0. The van der Waals surface area contributed by atoms with Gasteiger partial charge < -0.3 is 15.3 Å². The highest BCUT2D eigenvalue weighted by atomic mass is 19.1. The van der Waals surface area contributed by atoms with E-state index in [0.29, 0.717) is 30.6 Å². The van der Waals surface area contributed by atoms with Gasteiger partial charge in [0.25, 0.3) is 0 Å². The van der Waals surface area contributed by atoms with Crippen LogP contribution in [0.5, 0.6) is 0 Å². The minimum absolute atomic E-state index is 0.199. The summed E-state index contributed by atoms with van der Waals surface area (Å²) < 4.78 is 13.2. The van der Waals surface area contributed by atoms with Crippen molar-refractivity contribution in [3.8, 4) is 0 Å². The predicted molar refractivity (Wildman–Crippen MR) is 76.7 cm³/mol. The minimum Gasteiger partial charge on any atom is -0.481 e. The number of nitrogens with one attached hydrogen (secondary N) is 1. The number of halogens is 1. The van der Waals surface area contributed by atoms with E-state index in [1.807, 2.05) is 6.92 Å². The zero-order valence-corrected chi connectivity index (χ0v) is 12.1. The number of carboxylic acids is 1. The highest BCUT2D eigenvalue weighted by molar-refractivity contribution is 5.90. The maximum Gasteiger partial charge on any atom is 0.321 e. The van der Waals surface area contributed by atoms with Gasteiger partial charge in [-0.15, -0.1) is 0 Å². The third-order valence-electron chi connectivity index (χ3n) is 4.18. The van der Waals surface area contributed by atoms with E-state index in [9.17, 15) is 19.1 Å². The molecule has 1 aromatic rings. The molecule has 6 heteroatoms. The lowest BCUT2D eigenvalue weighted by molar-refractivity contribution is -0.148. The maximum atomic E-state index is 13.2. The van der Waals surface area contributed by atoms with Crippen LogP contribution in [0.3, 0.4) is 0 Å². The Labute approximate surface area is 122 Å². The number of carboxylic acid groups (broad SMARTS) is 1. The molecule has 1 aliphatic heterocycles. The van der Waals surface area contributed by atoms with Gasteiger partial charge in [-0.3, -0.25) is 4.79 Å². The molecule has 1 aromatic carbocycles. The van der Waals surface area contributed by atoms with Crippen molar-refractivity contribution in [2.75, 3.05) is 18.4 Å². The van der Waals surface area contributed by atoms with Crippen molar-refractivity contribution in [3.63, 3.8) is 0 Å². The van der Waals surface area contributed by atoms with E-state index in [4.69, 9.17) is 0 Å². The van der Waals surface area contributed by atoms with E-state index >= 15 is 0 Å². The molecule has 5 nitrogen and oxygen atoms in total. The molecule has 0 radical (unpaired) electrons. The topological polar surface area (TPSA) is 69.6 Å². The number of benzene rings is 1. The third kappa shape index (κ3) is 2.99. The van der Waals surface area contributed by atoms with Crippen LogP contribution < -0.4 is 5.32 Å². The van der Waals surface area contributed by atoms with Gasteiger partial charge in [-0.05, 0) is 43.5 Å². The van der Waals surface area contributed by atoms with Crippen LogP contribution in [0.4, 0.5) is 14.9 Å². The first-order valence-electron chi connectivity index (χ1n) is 6.93. The number of urea groups is 1. The number of aryl methyl sites for hydroxylation is 1. The van der Waals surface area contributed by atoms with Crippen molar-refractivity contribution in [3.05, 3.63) is 29.6 Å². The zero-order chi connectivity index (χ0) is 15.6. The van der Waals surface area contributed by atoms with Crippen molar-refractivity contribution < 1.29 is 19.1 Å². The Morgan fingerprint density at radius 1 is 1.48 bits per heavy atom. The van der Waals surface area contributed by atoms with Crippen molar-refractivity contribution in [1.82, 2.24) is 4.90 Å². The summed E-state index contributed by atoms with van der Waals surface area (Å²) in [6, 6.07) is 3.98. The van der Waals surface area contributed by atoms with Gasteiger partial charge in [-0.1, -0.05) is 6.92 Å². The van der Waals surface area contributed by atoms with Gasteiger partial charge >= 0.3 is 12.0 Å². The molecule has 114 valence electrons. The lowest BCUT2D eigenvalue weighted by atomic mass is 9.84. The second-order valence-corrected chi connectivity index (χ2v) is 5.50. The first kappa shape index (κ1) is 15.3. The van der Waals surface area contributed by atoms with Crippen LogP contribution in [-0.2, 0) is 4.79 Å². The fraction of sp³-hybridized carbons (Fsp3) is 0.467. The molecule has 0 aromatic heterocycles. The van der Waals surface area contributed by atoms with Crippen LogP contribution in [0.15, 0.2) is 18.2 Å². The molecule has 2 N–H and O–H groups in total. The Bertz CT molecular complexity index is 576. The molecule has 0 bridgehead atoms. The Morgan fingerprint density at radius 2 is 2.19 bits per heavy atom. The number of hydrogen-bond donors (Lipinski definition) is 2. The molecule has 21 heavy (non-hydrogen) atoms. The highest BCUT2D eigenvalue weighted by Gasteiger charge is 2.44. The Hall–Kier alpha value is -2.11. The average Bonchev–Trinajstić information content (AvgIpc) is 2.89. The van der Waals surface area contributed by atoms with Crippen molar-refractivity contribution in [2.45, 2.75) is 26.7 Å². The molecule has 2 rings (SSSR count). The van der Waals surface area contributed by atoms with Gasteiger partial charge in [-0.2, -0.15) is 0 Å². The number of hydrogen-bond acceptors (Lipinski definition) is 2. The molecule has 0 spiro atoms. The fourth-order valence-electron chi connectivity index (χ4n) is 2.59. The average molecular weight is 294 g/mol. The number of rotatable bonds is 3. The van der Waals surface area contributed by atoms with Crippen LogP contribution in [0.1, 0.15) is 25.3 Å². The highest BCUT2D eigenvalue weighted by Crippen LogP contribution is 2.34. The van der Waals surface area contributed by atoms with Crippen LogP contribution in [0.25, 0.3) is 0 Å². The van der Waals surface area contributed by atoms with Crippen LogP contribution in [0.2, 0.25) is 0 Å². The minimum atomic E-state index is -0.863. The molecule has 1 heterocycles. The number of anilines is 1. The lowest BCUT2D eigenvalue weighted by Crippen LogP contribution is -2.38. The lowest BCUT2D eigenvalue weighted by Gasteiger charge is -2.23. The largest absolute Gasteiger partial charge is 0.481 e. The molecular formula is C15H19FN2O3. The Balaban J connectivity index is 2.05. The number of carbonyl (C=O) groups excluding carboxylic acids is 1. The summed E-state index contributed by atoms with van der Waals surface area (Å²) >= 11 is 0. The van der Waals surface area contributed by atoms with Crippen LogP contribution in [0, 0.1) is 18.2 Å². The SMILES string of the molecule is CCC1(C(=O)O)CCN(C(=O)Nc2ccc(F)c(C)c2)C1. The van der Waals surface area contributed by atoms with E-state index in [0.717, 1.165) is 0 Å². The molecule has 1 fully saturated rings. The monoisotopic (exact) mass is 294 g/mol. The van der Waals surface area contributed by atoms with Crippen LogP contribution in [-0.4, -0.2) is 35.1 Å². The molecule has 0 saturated carbocycles. The zero-order valence-electron chi connectivity index (χ0n) is 12.1. The maximum absolute atomic E-state index is 13.2. The number of carbonyl (C=O) groups is 2. The van der Waals surface area contributed by atoms with Gasteiger partial charge in [-0.25, -0.2) is 9.18 Å². The summed E-state index contributed by atoms with van der Waals surface area (Å²) in [6.07, 6.45) is 0.941. The van der Waals surface area contributed by atoms with E-state index in [1.165, 1.54) is 17.0 Å². The second-order valence-electron chi connectivity index (χ2n) is 5.50. The Morgan fingerprint density at radius 3 is 2.71 bits per heavy atom. The number of likely N-dealkylation sites (tertiary alicyclic amines) is 1. The summed E-state index contributed by atoms with van der Waals surface area (Å²) in [5, 5.41) is 12.0.